The Morgan fingerprint density at radius 1 is 1.35 bits per heavy atom. The summed E-state index contributed by atoms with van der Waals surface area (Å²) in [6, 6.07) is 6.79. The summed E-state index contributed by atoms with van der Waals surface area (Å²) in [4.78, 5) is 17.0. The van der Waals surface area contributed by atoms with Gasteiger partial charge in [0.15, 0.2) is 0 Å². The number of aryl methyl sites for hydroxylation is 1. The summed E-state index contributed by atoms with van der Waals surface area (Å²) >= 11 is 13.5. The second kappa shape index (κ2) is 6.47. The van der Waals surface area contributed by atoms with Gasteiger partial charge in [0.25, 0.3) is 5.56 Å². The predicted molar refractivity (Wildman–Crippen MR) is 95.0 cm³/mol. The SMILES string of the molecule is CCc1cc(=O)n2nc(N[C@@H](C)c3ccc(Cl)cc3Cl)sc2n1. The maximum atomic E-state index is 12.0. The van der Waals surface area contributed by atoms with Crippen LogP contribution in [0.2, 0.25) is 10.0 Å². The van der Waals surface area contributed by atoms with Crippen molar-refractivity contribution in [1.29, 1.82) is 0 Å². The molecule has 1 N–H and O–H groups in total. The van der Waals surface area contributed by atoms with Crippen LogP contribution in [0.25, 0.3) is 4.96 Å². The van der Waals surface area contributed by atoms with Crippen molar-refractivity contribution >= 4 is 44.6 Å². The first-order chi connectivity index (χ1) is 11.0. The monoisotopic (exact) mass is 368 g/mol. The lowest BCUT2D eigenvalue weighted by molar-refractivity contribution is 0.841. The van der Waals surface area contributed by atoms with Crippen LogP contribution in [0.5, 0.6) is 0 Å². The van der Waals surface area contributed by atoms with Gasteiger partial charge in [-0.15, -0.1) is 5.10 Å². The summed E-state index contributed by atoms with van der Waals surface area (Å²) in [5.74, 6) is 0. The number of hydrogen-bond acceptors (Lipinski definition) is 5. The molecule has 0 bridgehead atoms. The first-order valence-electron chi connectivity index (χ1n) is 7.09. The van der Waals surface area contributed by atoms with Gasteiger partial charge in [-0.25, -0.2) is 4.98 Å². The number of benzene rings is 1. The smallest absolute Gasteiger partial charge is 0.275 e. The average Bonchev–Trinajstić information content (AvgIpc) is 2.89. The molecule has 8 heteroatoms. The Kier molecular flexibility index (Phi) is 4.57. The van der Waals surface area contributed by atoms with Gasteiger partial charge in [0.1, 0.15) is 0 Å². The minimum absolute atomic E-state index is 0.0818. The Morgan fingerprint density at radius 3 is 2.83 bits per heavy atom. The molecule has 0 aliphatic carbocycles. The third-order valence-electron chi connectivity index (χ3n) is 3.43. The van der Waals surface area contributed by atoms with Crippen LogP contribution < -0.4 is 10.9 Å². The molecule has 0 saturated heterocycles. The van der Waals surface area contributed by atoms with E-state index in [-0.39, 0.29) is 11.6 Å². The van der Waals surface area contributed by atoms with E-state index in [9.17, 15) is 4.79 Å². The second-order valence-electron chi connectivity index (χ2n) is 5.07. The fraction of sp³-hybridized carbons (Fsp3) is 0.267. The Morgan fingerprint density at radius 2 is 2.13 bits per heavy atom. The summed E-state index contributed by atoms with van der Waals surface area (Å²) in [5.41, 5.74) is 1.50. The van der Waals surface area contributed by atoms with Gasteiger partial charge >= 0.3 is 0 Å². The van der Waals surface area contributed by atoms with Crippen molar-refractivity contribution in [3.63, 3.8) is 0 Å². The lowest BCUT2D eigenvalue weighted by atomic mass is 10.1. The van der Waals surface area contributed by atoms with E-state index in [1.54, 1.807) is 12.1 Å². The number of aromatic nitrogens is 3. The number of hydrogen-bond donors (Lipinski definition) is 1. The van der Waals surface area contributed by atoms with Crippen molar-refractivity contribution in [3.8, 4) is 0 Å². The van der Waals surface area contributed by atoms with Crippen LogP contribution in [0.4, 0.5) is 5.13 Å². The van der Waals surface area contributed by atoms with Gasteiger partial charge < -0.3 is 5.32 Å². The summed E-state index contributed by atoms with van der Waals surface area (Å²) in [6.45, 7) is 3.93. The van der Waals surface area contributed by atoms with Gasteiger partial charge in [0, 0.05) is 21.8 Å². The first kappa shape index (κ1) is 16.2. The molecule has 3 rings (SSSR count). The number of fused-ring (bicyclic) bond motifs is 1. The molecule has 120 valence electrons. The Labute approximate surface area is 146 Å². The average molecular weight is 369 g/mol. The van der Waals surface area contributed by atoms with Crippen LogP contribution in [0.3, 0.4) is 0 Å². The Hall–Kier alpha value is -1.63. The molecule has 0 saturated carbocycles. The topological polar surface area (TPSA) is 59.3 Å². The van der Waals surface area contributed by atoms with Gasteiger partial charge in [0.2, 0.25) is 10.1 Å². The number of nitrogens with zero attached hydrogens (tertiary/aromatic N) is 3. The van der Waals surface area contributed by atoms with Crippen molar-refractivity contribution < 1.29 is 0 Å². The van der Waals surface area contributed by atoms with Crippen molar-refractivity contribution in [1.82, 2.24) is 14.6 Å². The number of rotatable bonds is 4. The Balaban J connectivity index is 1.92. The molecule has 3 aromatic rings. The molecule has 1 atom stereocenters. The quantitative estimate of drug-likeness (QED) is 0.749. The van der Waals surface area contributed by atoms with Crippen LogP contribution in [0.1, 0.15) is 31.1 Å². The van der Waals surface area contributed by atoms with Crippen LogP contribution in [-0.4, -0.2) is 14.6 Å². The number of halogens is 2. The zero-order valence-electron chi connectivity index (χ0n) is 12.5. The highest BCUT2D eigenvalue weighted by atomic mass is 35.5. The highest BCUT2D eigenvalue weighted by molar-refractivity contribution is 7.20. The van der Waals surface area contributed by atoms with Crippen molar-refractivity contribution in [2.45, 2.75) is 26.3 Å². The van der Waals surface area contributed by atoms with E-state index in [1.807, 2.05) is 19.9 Å². The molecule has 0 aliphatic rings. The van der Waals surface area contributed by atoms with Gasteiger partial charge in [-0.3, -0.25) is 4.79 Å². The van der Waals surface area contributed by atoms with Crippen LogP contribution in [0.15, 0.2) is 29.1 Å². The second-order valence-corrected chi connectivity index (χ2v) is 6.87. The largest absolute Gasteiger partial charge is 0.354 e. The standard InChI is InChI=1S/C15H14Cl2N4OS/c1-3-10-7-13(22)21-15(19-10)23-14(20-21)18-8(2)11-5-4-9(16)6-12(11)17/h4-8H,3H2,1-2H3,(H,18,20)/t8-/m0/s1. The van der Waals surface area contributed by atoms with Crippen molar-refractivity contribution in [3.05, 3.63) is 55.9 Å². The fourth-order valence-electron chi connectivity index (χ4n) is 2.21. The van der Waals surface area contributed by atoms with Gasteiger partial charge in [-0.2, -0.15) is 4.52 Å². The third-order valence-corrected chi connectivity index (χ3v) is 4.83. The molecule has 0 amide bonds. The van der Waals surface area contributed by atoms with Crippen molar-refractivity contribution in [2.24, 2.45) is 0 Å². The van der Waals surface area contributed by atoms with Crippen molar-refractivity contribution in [2.75, 3.05) is 5.32 Å². The van der Waals surface area contributed by atoms with E-state index < -0.39 is 0 Å². The maximum absolute atomic E-state index is 12.0. The van der Waals surface area contributed by atoms with Crippen LogP contribution >= 0.6 is 34.5 Å². The van der Waals surface area contributed by atoms with E-state index >= 15 is 0 Å². The predicted octanol–water partition coefficient (Wildman–Crippen LogP) is 4.19. The molecule has 2 aromatic heterocycles. The van der Waals surface area contributed by atoms with E-state index in [0.717, 1.165) is 11.3 Å². The molecular formula is C15H14Cl2N4OS. The zero-order valence-corrected chi connectivity index (χ0v) is 14.8. The third kappa shape index (κ3) is 3.34. The summed E-state index contributed by atoms with van der Waals surface area (Å²) in [7, 11) is 0. The maximum Gasteiger partial charge on any atom is 0.275 e. The van der Waals surface area contributed by atoms with Gasteiger partial charge in [-0.1, -0.05) is 47.5 Å². The zero-order chi connectivity index (χ0) is 16.6. The molecule has 0 fully saturated rings. The molecule has 0 radical (unpaired) electrons. The minimum Gasteiger partial charge on any atom is -0.354 e. The fourth-order valence-corrected chi connectivity index (χ4v) is 3.69. The van der Waals surface area contributed by atoms with Gasteiger partial charge in [0.05, 0.1) is 6.04 Å². The summed E-state index contributed by atoms with van der Waals surface area (Å²) in [5, 5.41) is 9.32. The normalized spacial score (nSPS) is 12.5. The van der Waals surface area contributed by atoms with Gasteiger partial charge in [-0.05, 0) is 31.0 Å². The molecule has 1 aromatic carbocycles. The van der Waals surface area contributed by atoms with Crippen LogP contribution in [-0.2, 0) is 6.42 Å². The highest BCUT2D eigenvalue weighted by Crippen LogP contribution is 2.29. The highest BCUT2D eigenvalue weighted by Gasteiger charge is 2.14. The van der Waals surface area contributed by atoms with E-state index in [0.29, 0.717) is 26.6 Å². The molecule has 5 nitrogen and oxygen atoms in total. The summed E-state index contributed by atoms with van der Waals surface area (Å²) in [6.07, 6.45) is 0.711. The van der Waals surface area contributed by atoms with E-state index in [4.69, 9.17) is 23.2 Å². The molecule has 0 spiro atoms. The molecule has 23 heavy (non-hydrogen) atoms. The Bertz CT molecular complexity index is 921. The number of anilines is 1. The lowest BCUT2D eigenvalue weighted by Crippen LogP contribution is -2.15. The van der Waals surface area contributed by atoms with E-state index in [1.165, 1.54) is 21.9 Å². The lowest BCUT2D eigenvalue weighted by Gasteiger charge is -2.14. The molecule has 0 unspecified atom stereocenters. The first-order valence-corrected chi connectivity index (χ1v) is 8.66. The molecule has 0 aliphatic heterocycles. The van der Waals surface area contributed by atoms with E-state index in [2.05, 4.69) is 15.4 Å². The molecule has 2 heterocycles. The summed E-state index contributed by atoms with van der Waals surface area (Å²) < 4.78 is 1.31. The molecular weight excluding hydrogens is 355 g/mol. The van der Waals surface area contributed by atoms with Crippen LogP contribution in [0, 0.1) is 0 Å². The number of nitrogens with one attached hydrogen (secondary N) is 1. The minimum atomic E-state index is -0.173.